The van der Waals surface area contributed by atoms with Crippen molar-refractivity contribution < 1.29 is 8.78 Å². The third-order valence-electron chi connectivity index (χ3n) is 4.64. The fourth-order valence-corrected chi connectivity index (χ4v) is 3.42. The Bertz CT molecular complexity index is 390. The molecule has 1 aliphatic rings. The predicted molar refractivity (Wildman–Crippen MR) is 80.3 cm³/mol. The van der Waals surface area contributed by atoms with Crippen molar-refractivity contribution in [1.29, 1.82) is 0 Å². The molecule has 2 atom stereocenters. The van der Waals surface area contributed by atoms with E-state index in [0.29, 0.717) is 18.3 Å². The molecule has 1 fully saturated rings. The van der Waals surface area contributed by atoms with Gasteiger partial charge < -0.3 is 4.90 Å². The summed E-state index contributed by atoms with van der Waals surface area (Å²) in [5, 5.41) is 0. The van der Waals surface area contributed by atoms with Crippen LogP contribution < -0.4 is 4.90 Å². The quantitative estimate of drug-likeness (QED) is 0.748. The molecule has 1 nitrogen and oxygen atoms in total. The Labute approximate surface area is 121 Å². The van der Waals surface area contributed by atoms with Crippen molar-refractivity contribution >= 4 is 5.69 Å². The fourth-order valence-electron chi connectivity index (χ4n) is 3.42. The molecule has 112 valence electrons. The Morgan fingerprint density at radius 1 is 1.20 bits per heavy atom. The van der Waals surface area contributed by atoms with Crippen molar-refractivity contribution in [1.82, 2.24) is 0 Å². The summed E-state index contributed by atoms with van der Waals surface area (Å²) < 4.78 is 25.6. The van der Waals surface area contributed by atoms with E-state index in [0.717, 1.165) is 38.0 Å². The van der Waals surface area contributed by atoms with Gasteiger partial charge in [-0.1, -0.05) is 13.3 Å². The van der Waals surface area contributed by atoms with Crippen LogP contribution in [0, 0.1) is 17.7 Å². The molecule has 0 amide bonds. The molecule has 1 saturated heterocycles. The summed E-state index contributed by atoms with van der Waals surface area (Å²) in [4.78, 5) is 2.33. The van der Waals surface area contributed by atoms with E-state index in [1.165, 1.54) is 18.6 Å². The summed E-state index contributed by atoms with van der Waals surface area (Å²) in [7, 11) is 0. The molecule has 0 spiro atoms. The first-order valence-electron chi connectivity index (χ1n) is 7.81. The summed E-state index contributed by atoms with van der Waals surface area (Å²) in [6, 6.07) is 6.76. The minimum Gasteiger partial charge on any atom is -0.372 e. The second kappa shape index (κ2) is 7.61. The van der Waals surface area contributed by atoms with Gasteiger partial charge in [-0.25, -0.2) is 4.39 Å². The van der Waals surface area contributed by atoms with Gasteiger partial charge in [0.25, 0.3) is 0 Å². The Kier molecular flexibility index (Phi) is 5.81. The van der Waals surface area contributed by atoms with Crippen molar-refractivity contribution in [3.8, 4) is 0 Å². The van der Waals surface area contributed by atoms with E-state index in [-0.39, 0.29) is 12.5 Å². The number of anilines is 1. The van der Waals surface area contributed by atoms with Crippen molar-refractivity contribution in [2.45, 2.75) is 39.0 Å². The molecule has 0 bridgehead atoms. The molecule has 1 aromatic rings. The summed E-state index contributed by atoms with van der Waals surface area (Å²) in [5.74, 6) is 0.977. The van der Waals surface area contributed by atoms with Crippen LogP contribution in [0.1, 0.15) is 39.0 Å². The first-order chi connectivity index (χ1) is 9.74. The van der Waals surface area contributed by atoms with Crippen molar-refractivity contribution in [2.24, 2.45) is 11.8 Å². The normalized spacial score (nSPS) is 21.6. The van der Waals surface area contributed by atoms with Gasteiger partial charge in [-0.3, -0.25) is 4.39 Å². The molecule has 0 N–H and O–H groups in total. The standard InChI is InChI=1S/C17H25F2N/c1-2-14(9-11-18)15-4-3-12-20(13-10-15)17-7-5-16(19)6-8-17/h5-8,14-15H,2-4,9-13H2,1H3. The van der Waals surface area contributed by atoms with Crippen LogP contribution in [0.5, 0.6) is 0 Å². The number of hydrogen-bond acceptors (Lipinski definition) is 1. The van der Waals surface area contributed by atoms with E-state index < -0.39 is 0 Å². The first kappa shape index (κ1) is 15.3. The highest BCUT2D eigenvalue weighted by atomic mass is 19.1. The Morgan fingerprint density at radius 2 is 1.95 bits per heavy atom. The van der Waals surface area contributed by atoms with Crippen LogP contribution in [0.2, 0.25) is 0 Å². The van der Waals surface area contributed by atoms with E-state index in [1.807, 2.05) is 12.1 Å². The van der Waals surface area contributed by atoms with Crippen LogP contribution in [-0.2, 0) is 0 Å². The van der Waals surface area contributed by atoms with E-state index >= 15 is 0 Å². The lowest BCUT2D eigenvalue weighted by atomic mass is 9.83. The van der Waals surface area contributed by atoms with Gasteiger partial charge in [-0.2, -0.15) is 0 Å². The molecular weight excluding hydrogens is 256 g/mol. The molecule has 20 heavy (non-hydrogen) atoms. The molecule has 1 aromatic carbocycles. The average Bonchev–Trinajstić information content (AvgIpc) is 2.71. The van der Waals surface area contributed by atoms with Crippen LogP contribution in [0.15, 0.2) is 24.3 Å². The molecule has 3 heteroatoms. The lowest BCUT2D eigenvalue weighted by Gasteiger charge is -2.25. The molecule has 0 saturated carbocycles. The van der Waals surface area contributed by atoms with Crippen molar-refractivity contribution in [3.05, 3.63) is 30.1 Å². The Hall–Kier alpha value is -1.12. The highest BCUT2D eigenvalue weighted by molar-refractivity contribution is 5.46. The number of halogens is 2. The maximum Gasteiger partial charge on any atom is 0.123 e. The maximum atomic E-state index is 13.0. The highest BCUT2D eigenvalue weighted by Gasteiger charge is 2.23. The zero-order valence-electron chi connectivity index (χ0n) is 12.3. The van der Waals surface area contributed by atoms with Gasteiger partial charge >= 0.3 is 0 Å². The minimum absolute atomic E-state index is 0.185. The molecule has 2 unspecified atom stereocenters. The van der Waals surface area contributed by atoms with Gasteiger partial charge in [-0.15, -0.1) is 0 Å². The second-order valence-corrected chi connectivity index (χ2v) is 5.80. The number of hydrogen-bond donors (Lipinski definition) is 0. The van der Waals surface area contributed by atoms with Gasteiger partial charge in [0.15, 0.2) is 0 Å². The van der Waals surface area contributed by atoms with E-state index in [2.05, 4.69) is 11.8 Å². The third kappa shape index (κ3) is 3.94. The van der Waals surface area contributed by atoms with Crippen LogP contribution in [0.3, 0.4) is 0 Å². The number of benzene rings is 1. The maximum absolute atomic E-state index is 13.0. The monoisotopic (exact) mass is 281 g/mol. The summed E-state index contributed by atoms with van der Waals surface area (Å²) in [5.41, 5.74) is 1.10. The number of alkyl halides is 1. The minimum atomic E-state index is -0.198. The summed E-state index contributed by atoms with van der Waals surface area (Å²) in [6.07, 6.45) is 5.24. The topological polar surface area (TPSA) is 3.24 Å². The highest BCUT2D eigenvalue weighted by Crippen LogP contribution is 2.31. The lowest BCUT2D eigenvalue weighted by molar-refractivity contribution is 0.255. The average molecular weight is 281 g/mol. The smallest absolute Gasteiger partial charge is 0.123 e. The molecule has 1 heterocycles. The van der Waals surface area contributed by atoms with Crippen LogP contribution in [-0.4, -0.2) is 19.8 Å². The fraction of sp³-hybridized carbons (Fsp3) is 0.647. The molecule has 0 aliphatic carbocycles. The van der Waals surface area contributed by atoms with E-state index in [4.69, 9.17) is 0 Å². The molecule has 1 aliphatic heterocycles. The number of rotatable bonds is 5. The van der Waals surface area contributed by atoms with Crippen LogP contribution in [0.25, 0.3) is 0 Å². The van der Waals surface area contributed by atoms with E-state index in [1.54, 1.807) is 0 Å². The summed E-state index contributed by atoms with van der Waals surface area (Å²) in [6.45, 7) is 3.99. The SMILES string of the molecule is CCC(CCF)C1CCCN(c2ccc(F)cc2)CC1. The summed E-state index contributed by atoms with van der Waals surface area (Å²) >= 11 is 0. The van der Waals surface area contributed by atoms with Gasteiger partial charge in [0.1, 0.15) is 5.82 Å². The third-order valence-corrected chi connectivity index (χ3v) is 4.64. The molecular formula is C17H25F2N. The van der Waals surface area contributed by atoms with Crippen molar-refractivity contribution in [2.75, 3.05) is 24.7 Å². The predicted octanol–water partition coefficient (Wildman–Crippen LogP) is 4.82. The van der Waals surface area contributed by atoms with Gasteiger partial charge in [0, 0.05) is 18.8 Å². The largest absolute Gasteiger partial charge is 0.372 e. The van der Waals surface area contributed by atoms with Crippen molar-refractivity contribution in [3.63, 3.8) is 0 Å². The molecule has 0 radical (unpaired) electrons. The van der Waals surface area contributed by atoms with Crippen LogP contribution >= 0.6 is 0 Å². The van der Waals surface area contributed by atoms with Gasteiger partial charge in [-0.05, 0) is 61.8 Å². The van der Waals surface area contributed by atoms with Gasteiger partial charge in [0.2, 0.25) is 0 Å². The molecule has 2 rings (SSSR count). The molecule has 0 aromatic heterocycles. The van der Waals surface area contributed by atoms with E-state index in [9.17, 15) is 8.78 Å². The zero-order valence-corrected chi connectivity index (χ0v) is 12.3. The first-order valence-corrected chi connectivity index (χ1v) is 7.81. The Balaban J connectivity index is 1.96. The van der Waals surface area contributed by atoms with Gasteiger partial charge in [0.05, 0.1) is 6.67 Å². The Morgan fingerprint density at radius 3 is 2.60 bits per heavy atom. The zero-order chi connectivity index (χ0) is 14.4. The van der Waals surface area contributed by atoms with Crippen LogP contribution in [0.4, 0.5) is 14.5 Å². The second-order valence-electron chi connectivity index (χ2n) is 5.80. The lowest BCUT2D eigenvalue weighted by Crippen LogP contribution is -2.24. The number of nitrogens with zero attached hydrogens (tertiary/aromatic N) is 1.